The van der Waals surface area contributed by atoms with Gasteiger partial charge in [-0.15, -0.1) is 11.3 Å². The van der Waals surface area contributed by atoms with Crippen molar-refractivity contribution >= 4 is 21.4 Å². The zero-order valence-corrected chi connectivity index (χ0v) is 13.8. The molecule has 1 heterocycles. The predicted octanol–water partition coefficient (Wildman–Crippen LogP) is 2.71. The highest BCUT2D eigenvalue weighted by molar-refractivity contribution is 7.91. The fraction of sp³-hybridized carbons (Fsp3) is 0.714. The van der Waals surface area contributed by atoms with Gasteiger partial charge in [-0.05, 0) is 42.8 Å². The van der Waals surface area contributed by atoms with Crippen molar-refractivity contribution in [3.63, 3.8) is 0 Å². The van der Waals surface area contributed by atoms with Crippen molar-refractivity contribution in [1.29, 1.82) is 0 Å². The van der Waals surface area contributed by atoms with Gasteiger partial charge < -0.3 is 5.32 Å². The number of hydrogen-bond acceptors (Lipinski definition) is 4. The maximum Gasteiger partial charge on any atom is 0.250 e. The lowest BCUT2D eigenvalue weighted by molar-refractivity contribution is 0.282. The van der Waals surface area contributed by atoms with Crippen LogP contribution in [0.1, 0.15) is 44.6 Å². The fourth-order valence-electron chi connectivity index (χ4n) is 2.90. The van der Waals surface area contributed by atoms with Gasteiger partial charge in [-0.1, -0.05) is 26.2 Å². The minimum atomic E-state index is -3.36. The lowest BCUT2D eigenvalue weighted by Crippen LogP contribution is -2.41. The van der Waals surface area contributed by atoms with Crippen LogP contribution in [0, 0.1) is 5.92 Å². The summed E-state index contributed by atoms with van der Waals surface area (Å²) in [5, 5.41) is 4.94. The van der Waals surface area contributed by atoms with Crippen LogP contribution in [-0.2, 0) is 16.6 Å². The molecular formula is C14H24N2O2S2. The number of rotatable bonds is 6. The molecule has 0 saturated heterocycles. The molecule has 2 rings (SSSR count). The topological polar surface area (TPSA) is 58.2 Å². The zero-order valence-electron chi connectivity index (χ0n) is 12.2. The third kappa shape index (κ3) is 3.81. The summed E-state index contributed by atoms with van der Waals surface area (Å²) in [4.78, 5) is 0. The number of thiophene rings is 1. The predicted molar refractivity (Wildman–Crippen MR) is 83.4 cm³/mol. The van der Waals surface area contributed by atoms with Crippen LogP contribution in [0.25, 0.3) is 0 Å². The molecule has 2 N–H and O–H groups in total. The minimum Gasteiger partial charge on any atom is -0.316 e. The van der Waals surface area contributed by atoms with E-state index < -0.39 is 10.0 Å². The molecule has 1 saturated carbocycles. The van der Waals surface area contributed by atoms with Gasteiger partial charge >= 0.3 is 0 Å². The molecule has 0 aromatic carbocycles. The Morgan fingerprint density at radius 2 is 2.10 bits per heavy atom. The molecule has 1 aliphatic carbocycles. The molecule has 0 radical (unpaired) electrons. The molecule has 114 valence electrons. The van der Waals surface area contributed by atoms with E-state index in [0.29, 0.717) is 16.7 Å². The molecule has 2 atom stereocenters. The first-order valence-electron chi connectivity index (χ1n) is 7.31. The van der Waals surface area contributed by atoms with Crippen molar-refractivity contribution < 1.29 is 8.42 Å². The quantitative estimate of drug-likeness (QED) is 0.848. The second kappa shape index (κ2) is 7.02. The Bertz CT molecular complexity index is 525. The molecule has 1 aromatic rings. The van der Waals surface area contributed by atoms with Crippen LogP contribution in [-0.4, -0.2) is 21.5 Å². The van der Waals surface area contributed by atoms with E-state index in [-0.39, 0.29) is 6.04 Å². The number of hydrogen-bond donors (Lipinski definition) is 2. The second-order valence-corrected chi connectivity index (χ2v) is 8.34. The first-order chi connectivity index (χ1) is 9.56. The summed E-state index contributed by atoms with van der Waals surface area (Å²) in [7, 11) is -1.50. The van der Waals surface area contributed by atoms with Gasteiger partial charge in [0.05, 0.1) is 0 Å². The summed E-state index contributed by atoms with van der Waals surface area (Å²) in [5.74, 6) is 0.482. The highest BCUT2D eigenvalue weighted by Crippen LogP contribution is 2.29. The molecule has 1 aromatic heterocycles. The summed E-state index contributed by atoms with van der Waals surface area (Å²) >= 11 is 1.30. The number of nitrogens with one attached hydrogen (secondary N) is 2. The zero-order chi connectivity index (χ0) is 14.6. The average molecular weight is 316 g/mol. The van der Waals surface area contributed by atoms with E-state index in [1.807, 2.05) is 12.4 Å². The van der Waals surface area contributed by atoms with Crippen LogP contribution in [0.5, 0.6) is 0 Å². The Kier molecular flexibility index (Phi) is 5.60. The maximum absolute atomic E-state index is 12.5. The van der Waals surface area contributed by atoms with E-state index in [1.165, 1.54) is 17.8 Å². The molecule has 1 fully saturated rings. The summed E-state index contributed by atoms with van der Waals surface area (Å²) in [6.45, 7) is 2.85. The Labute approximate surface area is 126 Å². The smallest absolute Gasteiger partial charge is 0.250 e. The van der Waals surface area contributed by atoms with Crippen LogP contribution in [0.3, 0.4) is 0 Å². The van der Waals surface area contributed by atoms with Crippen LogP contribution >= 0.6 is 11.3 Å². The Balaban J connectivity index is 2.09. The molecule has 1 aliphatic rings. The Hall–Kier alpha value is -0.430. The van der Waals surface area contributed by atoms with Crippen molar-refractivity contribution in [1.82, 2.24) is 10.0 Å². The summed E-state index contributed by atoms with van der Waals surface area (Å²) in [6.07, 6.45) is 5.50. The van der Waals surface area contributed by atoms with E-state index in [1.54, 1.807) is 6.07 Å². The third-order valence-corrected chi connectivity index (χ3v) is 6.99. The van der Waals surface area contributed by atoms with Crippen molar-refractivity contribution in [2.75, 3.05) is 7.05 Å². The second-order valence-electron chi connectivity index (χ2n) is 5.48. The Morgan fingerprint density at radius 3 is 2.80 bits per heavy atom. The van der Waals surface area contributed by atoms with Gasteiger partial charge in [-0.2, -0.15) is 0 Å². The molecule has 0 spiro atoms. The monoisotopic (exact) mass is 316 g/mol. The van der Waals surface area contributed by atoms with Gasteiger partial charge in [0.15, 0.2) is 0 Å². The Morgan fingerprint density at radius 1 is 1.35 bits per heavy atom. The van der Waals surface area contributed by atoms with Gasteiger partial charge in [-0.25, -0.2) is 13.1 Å². The lowest BCUT2D eigenvalue weighted by Gasteiger charge is -2.31. The molecule has 2 unspecified atom stereocenters. The first-order valence-corrected chi connectivity index (χ1v) is 9.67. The van der Waals surface area contributed by atoms with Crippen molar-refractivity contribution in [3.05, 3.63) is 17.0 Å². The average Bonchev–Trinajstić information content (AvgIpc) is 2.89. The van der Waals surface area contributed by atoms with Gasteiger partial charge in [0.2, 0.25) is 10.0 Å². The van der Waals surface area contributed by atoms with Crippen LogP contribution in [0.15, 0.2) is 15.7 Å². The summed E-state index contributed by atoms with van der Waals surface area (Å²) in [6, 6.07) is 1.88. The van der Waals surface area contributed by atoms with Gasteiger partial charge in [0, 0.05) is 12.6 Å². The SMILES string of the molecule is CCC1CCCCC1NS(=O)(=O)c1cc(CNC)cs1. The number of sulfonamides is 1. The van der Waals surface area contributed by atoms with E-state index in [0.717, 1.165) is 31.2 Å². The van der Waals surface area contributed by atoms with Gasteiger partial charge in [0.25, 0.3) is 0 Å². The molecule has 0 bridgehead atoms. The summed E-state index contributed by atoms with van der Waals surface area (Å²) in [5.41, 5.74) is 1.02. The fourth-order valence-corrected chi connectivity index (χ4v) is 5.46. The van der Waals surface area contributed by atoms with Crippen LogP contribution in [0.2, 0.25) is 0 Å². The molecular weight excluding hydrogens is 292 g/mol. The van der Waals surface area contributed by atoms with E-state index >= 15 is 0 Å². The van der Waals surface area contributed by atoms with Gasteiger partial charge in [0.1, 0.15) is 4.21 Å². The standard InChI is InChI=1S/C14H24N2O2S2/c1-3-12-6-4-5-7-13(12)16-20(17,18)14-8-11(9-15-2)10-19-14/h8,10,12-13,15-16H,3-7,9H2,1-2H3. The van der Waals surface area contributed by atoms with E-state index in [9.17, 15) is 8.42 Å². The van der Waals surface area contributed by atoms with Crippen LogP contribution in [0.4, 0.5) is 0 Å². The van der Waals surface area contributed by atoms with Gasteiger partial charge in [-0.3, -0.25) is 0 Å². The highest BCUT2D eigenvalue weighted by atomic mass is 32.2. The molecule has 0 amide bonds. The van der Waals surface area contributed by atoms with Crippen molar-refractivity contribution in [3.8, 4) is 0 Å². The van der Waals surface area contributed by atoms with E-state index in [4.69, 9.17) is 0 Å². The maximum atomic E-state index is 12.5. The van der Waals surface area contributed by atoms with E-state index in [2.05, 4.69) is 17.0 Å². The molecule has 0 aliphatic heterocycles. The third-order valence-electron chi connectivity index (χ3n) is 4.02. The molecule has 20 heavy (non-hydrogen) atoms. The molecule has 6 heteroatoms. The van der Waals surface area contributed by atoms with Crippen molar-refractivity contribution in [2.45, 2.75) is 55.8 Å². The molecule has 4 nitrogen and oxygen atoms in total. The summed E-state index contributed by atoms with van der Waals surface area (Å²) < 4.78 is 28.3. The largest absolute Gasteiger partial charge is 0.316 e. The highest BCUT2D eigenvalue weighted by Gasteiger charge is 2.29. The van der Waals surface area contributed by atoms with Crippen LogP contribution < -0.4 is 10.0 Å². The van der Waals surface area contributed by atoms with Crippen molar-refractivity contribution in [2.24, 2.45) is 5.92 Å². The first kappa shape index (κ1) is 15.9. The minimum absolute atomic E-state index is 0.105. The normalized spacial score (nSPS) is 23.9. The lowest BCUT2D eigenvalue weighted by atomic mass is 9.83.